The van der Waals surface area contributed by atoms with Crippen molar-refractivity contribution in [1.29, 1.82) is 0 Å². The number of hydrogen-bond acceptors (Lipinski definition) is 3. The van der Waals surface area contributed by atoms with Crippen LogP contribution in [0.3, 0.4) is 0 Å². The number of allylic oxidation sites excluding steroid dienone is 9. The molecule has 0 aliphatic carbocycles. The first-order valence-corrected chi connectivity index (χ1v) is 10.4. The van der Waals surface area contributed by atoms with Crippen molar-refractivity contribution in [3.05, 3.63) is 90.7 Å². The van der Waals surface area contributed by atoms with Crippen LogP contribution in [-0.2, 0) is 4.74 Å². The van der Waals surface area contributed by atoms with Crippen LogP contribution in [0.5, 0.6) is 0 Å². The molecular weight excluding hydrogens is 391 g/mol. The summed E-state index contributed by atoms with van der Waals surface area (Å²) in [7, 11) is 2.69. The fourth-order valence-electron chi connectivity index (χ4n) is 2.94. The van der Waals surface area contributed by atoms with E-state index >= 15 is 0 Å². The molecule has 0 fully saturated rings. The third-order valence-corrected chi connectivity index (χ3v) is 4.21. The van der Waals surface area contributed by atoms with Gasteiger partial charge in [-0.05, 0) is 58.9 Å². The molecule has 1 N–H and O–H groups in total. The first-order valence-electron chi connectivity index (χ1n) is 9.84. The van der Waals surface area contributed by atoms with Gasteiger partial charge < -0.3 is 14.1 Å². The summed E-state index contributed by atoms with van der Waals surface area (Å²) in [6.07, 6.45) is 13.2. The van der Waals surface area contributed by atoms with Crippen LogP contribution >= 0.6 is 9.24 Å². The topological polar surface area (TPSA) is 51.0 Å². The van der Waals surface area contributed by atoms with Gasteiger partial charge in [0, 0.05) is 11.3 Å². The van der Waals surface area contributed by atoms with Gasteiger partial charge in [0.25, 0.3) is 0 Å². The largest absolute Gasteiger partial charge is 0.484 e. The van der Waals surface area contributed by atoms with Gasteiger partial charge in [-0.1, -0.05) is 52.8 Å². The van der Waals surface area contributed by atoms with Crippen LogP contribution in [0.2, 0.25) is 0 Å². The zero-order valence-electron chi connectivity index (χ0n) is 18.5. The van der Waals surface area contributed by atoms with E-state index in [1.54, 1.807) is 12.2 Å². The molecule has 1 atom stereocenters. The van der Waals surface area contributed by atoms with Gasteiger partial charge in [-0.25, -0.2) is 4.98 Å². The smallest absolute Gasteiger partial charge is 0.174 e. The zero-order valence-corrected chi connectivity index (χ0v) is 19.6. The SMILES string of the molecule is C=C/C=C(\C(=C/C)OC(C)(C)P)c1ccc(-c2nc(C(/C=C\C)=C/C=C)c(C)[nH]2)o1. The lowest BCUT2D eigenvalue weighted by atomic mass is 10.1. The molecule has 0 aromatic carbocycles. The number of imidazole rings is 1. The van der Waals surface area contributed by atoms with Gasteiger partial charge in [-0.15, -0.1) is 0 Å². The van der Waals surface area contributed by atoms with Gasteiger partial charge in [0.1, 0.15) is 16.9 Å². The number of ether oxygens (including phenoxy) is 1. The second-order valence-electron chi connectivity index (χ2n) is 7.26. The Morgan fingerprint density at radius 2 is 1.90 bits per heavy atom. The molecule has 5 heteroatoms. The van der Waals surface area contributed by atoms with Crippen LogP contribution in [0.4, 0.5) is 0 Å². The maximum atomic E-state index is 6.15. The van der Waals surface area contributed by atoms with Crippen LogP contribution in [0.25, 0.3) is 22.7 Å². The highest BCUT2D eigenvalue weighted by Crippen LogP contribution is 2.34. The Bertz CT molecular complexity index is 1020. The molecule has 0 radical (unpaired) electrons. The Kier molecular flexibility index (Phi) is 8.02. The highest BCUT2D eigenvalue weighted by atomic mass is 31.0. The number of furan rings is 1. The van der Waals surface area contributed by atoms with Gasteiger partial charge in [0.05, 0.1) is 11.3 Å². The first kappa shape index (κ1) is 23.4. The molecule has 4 nitrogen and oxygen atoms in total. The van der Waals surface area contributed by atoms with Crippen molar-refractivity contribution in [2.24, 2.45) is 0 Å². The Hall–Kier alpha value is -2.84. The number of nitrogens with zero attached hydrogens (tertiary/aromatic N) is 1. The Labute approximate surface area is 182 Å². The van der Waals surface area contributed by atoms with E-state index in [4.69, 9.17) is 14.1 Å². The average Bonchev–Trinajstić information content (AvgIpc) is 3.30. The summed E-state index contributed by atoms with van der Waals surface area (Å²) >= 11 is 0. The first-order chi connectivity index (χ1) is 14.2. The van der Waals surface area contributed by atoms with E-state index in [0.717, 1.165) is 28.3 Å². The molecule has 2 aromatic heterocycles. The monoisotopic (exact) mass is 422 g/mol. The average molecular weight is 423 g/mol. The molecule has 158 valence electrons. The highest BCUT2D eigenvalue weighted by Gasteiger charge is 2.20. The molecule has 0 bridgehead atoms. The lowest BCUT2D eigenvalue weighted by molar-refractivity contribution is 0.127. The third-order valence-electron chi connectivity index (χ3n) is 4.09. The molecule has 0 aliphatic rings. The Morgan fingerprint density at radius 3 is 2.47 bits per heavy atom. The van der Waals surface area contributed by atoms with Gasteiger partial charge in [0.2, 0.25) is 0 Å². The van der Waals surface area contributed by atoms with Gasteiger partial charge in [-0.3, -0.25) is 0 Å². The fraction of sp³-hybridized carbons (Fsp3) is 0.240. The normalized spacial score (nSPS) is 13.7. The summed E-state index contributed by atoms with van der Waals surface area (Å²) in [5, 5.41) is -0.411. The van der Waals surface area contributed by atoms with Crippen LogP contribution in [0.15, 0.2) is 78.0 Å². The van der Waals surface area contributed by atoms with Crippen molar-refractivity contribution < 1.29 is 9.15 Å². The Morgan fingerprint density at radius 1 is 1.20 bits per heavy atom. The molecule has 0 saturated heterocycles. The predicted molar refractivity (Wildman–Crippen MR) is 131 cm³/mol. The van der Waals surface area contributed by atoms with E-state index in [9.17, 15) is 0 Å². The zero-order chi connectivity index (χ0) is 22.3. The lowest BCUT2D eigenvalue weighted by Crippen LogP contribution is -2.15. The molecule has 0 saturated carbocycles. The second-order valence-corrected chi connectivity index (χ2v) is 8.65. The molecule has 2 heterocycles. The number of aromatic amines is 1. The summed E-state index contributed by atoms with van der Waals surface area (Å²) in [4.78, 5) is 8.08. The second kappa shape index (κ2) is 10.3. The lowest BCUT2D eigenvalue weighted by Gasteiger charge is -2.24. The van der Waals surface area contributed by atoms with Crippen LogP contribution < -0.4 is 0 Å². The molecule has 0 spiro atoms. The number of aryl methyl sites for hydroxylation is 1. The fourth-order valence-corrected chi connectivity index (χ4v) is 3.07. The Balaban J connectivity index is 2.45. The maximum absolute atomic E-state index is 6.15. The highest BCUT2D eigenvalue weighted by molar-refractivity contribution is 7.18. The molecule has 1 unspecified atom stereocenters. The van der Waals surface area contributed by atoms with Crippen molar-refractivity contribution in [2.75, 3.05) is 0 Å². The van der Waals surface area contributed by atoms with Crippen molar-refractivity contribution in [2.45, 2.75) is 40.0 Å². The quantitative estimate of drug-likeness (QED) is 0.264. The molecule has 0 amide bonds. The molecular formula is C25H31N2O2P. The standard InChI is InChI=1S/C25H31N2O2P/c1-8-12-18(13-9-2)23-17(5)26-24(27-23)22-16-15-21(28-22)19(14-10-3)20(11-4)29-25(6,7)30/h8-16H,1,3,30H2,2,4-7H3,(H,26,27)/b13-9-,18-12+,19-14+,20-11+. The van der Waals surface area contributed by atoms with Crippen LogP contribution in [0.1, 0.15) is 44.8 Å². The van der Waals surface area contributed by atoms with Crippen molar-refractivity contribution in [1.82, 2.24) is 9.97 Å². The van der Waals surface area contributed by atoms with Gasteiger partial charge in [-0.2, -0.15) is 0 Å². The number of H-pyrrole nitrogens is 1. The van der Waals surface area contributed by atoms with E-state index in [1.807, 2.05) is 77.1 Å². The number of rotatable bonds is 9. The van der Waals surface area contributed by atoms with E-state index < -0.39 is 5.34 Å². The summed E-state index contributed by atoms with van der Waals surface area (Å²) in [5.74, 6) is 2.71. The summed E-state index contributed by atoms with van der Waals surface area (Å²) in [6.45, 7) is 17.5. The summed E-state index contributed by atoms with van der Waals surface area (Å²) < 4.78 is 12.2. The predicted octanol–water partition coefficient (Wildman–Crippen LogP) is 7.22. The molecule has 2 aromatic rings. The summed E-state index contributed by atoms with van der Waals surface area (Å²) in [5.41, 5.74) is 3.63. The minimum absolute atomic E-state index is 0.411. The van der Waals surface area contributed by atoms with Crippen molar-refractivity contribution in [3.8, 4) is 11.6 Å². The van der Waals surface area contributed by atoms with Crippen LogP contribution in [-0.4, -0.2) is 15.3 Å². The number of nitrogens with one attached hydrogen (secondary N) is 1. The maximum Gasteiger partial charge on any atom is 0.174 e. The molecule has 0 aliphatic heterocycles. The molecule has 2 rings (SSSR count). The minimum Gasteiger partial charge on any atom is -0.484 e. The van der Waals surface area contributed by atoms with Gasteiger partial charge in [0.15, 0.2) is 11.6 Å². The van der Waals surface area contributed by atoms with E-state index in [-0.39, 0.29) is 0 Å². The van der Waals surface area contributed by atoms with E-state index in [0.29, 0.717) is 17.3 Å². The summed E-state index contributed by atoms with van der Waals surface area (Å²) in [6, 6.07) is 3.82. The van der Waals surface area contributed by atoms with Crippen molar-refractivity contribution in [3.63, 3.8) is 0 Å². The number of aromatic nitrogens is 2. The van der Waals surface area contributed by atoms with E-state index in [2.05, 4.69) is 27.4 Å². The van der Waals surface area contributed by atoms with Crippen LogP contribution in [0, 0.1) is 6.92 Å². The van der Waals surface area contributed by atoms with Crippen molar-refractivity contribution >= 4 is 20.4 Å². The minimum atomic E-state index is -0.411. The number of hydrogen-bond donors (Lipinski definition) is 1. The molecule has 30 heavy (non-hydrogen) atoms. The van der Waals surface area contributed by atoms with E-state index in [1.165, 1.54) is 0 Å². The van der Waals surface area contributed by atoms with Gasteiger partial charge >= 0.3 is 0 Å². The third kappa shape index (κ3) is 5.84.